The number of rotatable bonds is 5. The van der Waals surface area contributed by atoms with Crippen molar-refractivity contribution in [3.63, 3.8) is 0 Å². The number of allylic oxidation sites excluding steroid dienone is 4. The molecule has 0 fully saturated rings. The molecule has 1 aliphatic heterocycles. The molecule has 0 aromatic heterocycles. The minimum Gasteiger partial charge on any atom is -0.361 e. The molecule has 0 saturated carbocycles. The van der Waals surface area contributed by atoms with Crippen LogP contribution in [-0.2, 0) is 10.8 Å². The lowest BCUT2D eigenvalue weighted by molar-refractivity contribution is 0.654. The van der Waals surface area contributed by atoms with Gasteiger partial charge in [-0.05, 0) is 84.8 Å². The molecule has 248 valence electrons. The fraction of sp³-hybridized carbons (Fsp3) is 0.0800. The summed E-state index contributed by atoms with van der Waals surface area (Å²) in [6.07, 6.45) is 9.00. The van der Waals surface area contributed by atoms with Crippen molar-refractivity contribution in [2.45, 2.75) is 34.5 Å². The summed E-state index contributed by atoms with van der Waals surface area (Å²) < 4.78 is 0. The first kappa shape index (κ1) is 30.9. The first-order valence-corrected chi connectivity index (χ1v) is 18.9. The highest BCUT2D eigenvalue weighted by molar-refractivity contribution is 7.99. The number of benzene rings is 7. The molecule has 0 atom stereocenters. The van der Waals surface area contributed by atoms with Gasteiger partial charge in [0.25, 0.3) is 0 Å². The molecule has 2 heteroatoms. The van der Waals surface area contributed by atoms with Gasteiger partial charge in [0.05, 0.1) is 5.41 Å². The lowest BCUT2D eigenvalue weighted by atomic mass is 9.67. The summed E-state index contributed by atoms with van der Waals surface area (Å²) in [6.45, 7) is 4.69. The van der Waals surface area contributed by atoms with E-state index in [1.54, 1.807) is 0 Å². The SMILES string of the molecule is CC1(C)C(/C=C/Nc2cc3c(c4ccccc24)Sc2ccccc2C32c3ccccc3-c3ccccc32)=C(/C=C\c2ccccc2)c2ccccc21. The lowest BCUT2D eigenvalue weighted by Gasteiger charge is -2.40. The predicted octanol–water partition coefficient (Wildman–Crippen LogP) is 13.1. The Hall–Kier alpha value is -5.83. The summed E-state index contributed by atoms with van der Waals surface area (Å²) in [4.78, 5) is 2.65. The van der Waals surface area contributed by atoms with E-state index in [1.807, 2.05) is 11.8 Å². The lowest BCUT2D eigenvalue weighted by Crippen LogP contribution is -2.32. The molecule has 10 rings (SSSR count). The molecule has 0 bridgehead atoms. The fourth-order valence-corrected chi connectivity index (χ4v) is 10.4. The Morgan fingerprint density at radius 3 is 1.81 bits per heavy atom. The molecule has 3 aliphatic rings. The van der Waals surface area contributed by atoms with Crippen molar-refractivity contribution >= 4 is 39.9 Å². The van der Waals surface area contributed by atoms with E-state index in [2.05, 4.69) is 201 Å². The van der Waals surface area contributed by atoms with Gasteiger partial charge in [0.15, 0.2) is 0 Å². The Morgan fingerprint density at radius 1 is 0.500 bits per heavy atom. The van der Waals surface area contributed by atoms with Gasteiger partial charge in [-0.2, -0.15) is 0 Å². The van der Waals surface area contributed by atoms with Crippen LogP contribution in [0.5, 0.6) is 0 Å². The number of fused-ring (bicyclic) bond motifs is 12. The van der Waals surface area contributed by atoms with Crippen molar-refractivity contribution in [3.8, 4) is 11.1 Å². The highest BCUT2D eigenvalue weighted by Gasteiger charge is 2.50. The first-order chi connectivity index (χ1) is 25.6. The predicted molar refractivity (Wildman–Crippen MR) is 220 cm³/mol. The molecule has 2 aliphatic carbocycles. The molecular formula is C50H37NS. The van der Waals surface area contributed by atoms with Gasteiger partial charge in [-0.15, -0.1) is 0 Å². The van der Waals surface area contributed by atoms with E-state index in [9.17, 15) is 0 Å². The summed E-state index contributed by atoms with van der Waals surface area (Å²) in [5, 5.41) is 6.35. The zero-order chi connectivity index (χ0) is 34.9. The quantitative estimate of drug-likeness (QED) is 0.194. The van der Waals surface area contributed by atoms with Crippen LogP contribution in [0.3, 0.4) is 0 Å². The van der Waals surface area contributed by atoms with Gasteiger partial charge >= 0.3 is 0 Å². The third-order valence-corrected chi connectivity index (χ3v) is 12.7. The van der Waals surface area contributed by atoms with Gasteiger partial charge in [0.2, 0.25) is 0 Å². The Labute approximate surface area is 310 Å². The minimum atomic E-state index is -0.429. The van der Waals surface area contributed by atoms with Crippen LogP contribution in [0.2, 0.25) is 0 Å². The smallest absolute Gasteiger partial charge is 0.0736 e. The molecule has 7 aromatic rings. The van der Waals surface area contributed by atoms with Gasteiger partial charge in [-0.3, -0.25) is 0 Å². The fourth-order valence-electron chi connectivity index (χ4n) is 9.12. The Bertz CT molecular complexity index is 2610. The van der Waals surface area contributed by atoms with Crippen LogP contribution >= 0.6 is 11.8 Å². The van der Waals surface area contributed by atoms with Crippen LogP contribution in [0.15, 0.2) is 191 Å². The summed E-state index contributed by atoms with van der Waals surface area (Å²) in [5.74, 6) is 0. The van der Waals surface area contributed by atoms with E-state index in [0.29, 0.717) is 0 Å². The first-order valence-electron chi connectivity index (χ1n) is 18.1. The highest BCUT2D eigenvalue weighted by atomic mass is 32.2. The highest BCUT2D eigenvalue weighted by Crippen LogP contribution is 2.63. The number of hydrogen-bond donors (Lipinski definition) is 1. The van der Waals surface area contributed by atoms with Crippen molar-refractivity contribution in [2.75, 3.05) is 5.32 Å². The molecule has 1 heterocycles. The maximum Gasteiger partial charge on any atom is 0.0736 e. The third kappa shape index (κ3) is 4.44. The maximum absolute atomic E-state index is 3.85. The molecule has 1 N–H and O–H groups in total. The van der Waals surface area contributed by atoms with E-state index in [1.165, 1.54) is 81.8 Å². The topological polar surface area (TPSA) is 12.0 Å². The average molecular weight is 684 g/mol. The summed E-state index contributed by atoms with van der Waals surface area (Å²) in [6, 6.07) is 57.9. The van der Waals surface area contributed by atoms with E-state index in [-0.39, 0.29) is 5.41 Å². The second-order valence-corrected chi connectivity index (χ2v) is 15.6. The maximum atomic E-state index is 3.85. The van der Waals surface area contributed by atoms with E-state index in [4.69, 9.17) is 0 Å². The molecule has 0 amide bonds. The van der Waals surface area contributed by atoms with Crippen LogP contribution in [-0.4, -0.2) is 0 Å². The second-order valence-electron chi connectivity index (χ2n) is 14.5. The standard InChI is InChI=1S/C50H37NS/c1-49(2)40-23-11-8-18-34(40)37(29-28-33-16-4-3-5-17-33)41(49)30-31-51-46-32-45-48(39-22-7-6-21-38(39)46)52-47-27-15-14-26-44(47)50(45)42-24-12-9-19-35(42)36-20-10-13-25-43(36)50/h3-32,51H,1-2H3/b29-28-,31-30+. The van der Waals surface area contributed by atoms with Gasteiger partial charge in [0, 0.05) is 32.5 Å². The van der Waals surface area contributed by atoms with Crippen molar-refractivity contribution in [1.82, 2.24) is 0 Å². The molecule has 0 unspecified atom stereocenters. The van der Waals surface area contributed by atoms with E-state index in [0.717, 1.165) is 5.69 Å². The molecule has 0 saturated heterocycles. The third-order valence-electron chi connectivity index (χ3n) is 11.4. The van der Waals surface area contributed by atoms with Crippen molar-refractivity contribution in [2.24, 2.45) is 0 Å². The average Bonchev–Trinajstić information content (AvgIpc) is 3.60. The summed E-state index contributed by atoms with van der Waals surface area (Å²) in [7, 11) is 0. The van der Waals surface area contributed by atoms with Gasteiger partial charge in [-0.1, -0.05) is 183 Å². The molecule has 1 nitrogen and oxygen atoms in total. The zero-order valence-corrected chi connectivity index (χ0v) is 30.0. The van der Waals surface area contributed by atoms with Crippen molar-refractivity contribution < 1.29 is 0 Å². The molecule has 1 spiro atoms. The van der Waals surface area contributed by atoms with Crippen LogP contribution in [0, 0.1) is 0 Å². The largest absolute Gasteiger partial charge is 0.361 e. The number of nitrogens with one attached hydrogen (secondary N) is 1. The Kier molecular flexibility index (Phi) is 7.06. The van der Waals surface area contributed by atoms with Crippen molar-refractivity contribution in [1.29, 1.82) is 0 Å². The normalized spacial score (nSPS) is 15.9. The summed E-state index contributed by atoms with van der Waals surface area (Å²) in [5.41, 5.74) is 15.0. The summed E-state index contributed by atoms with van der Waals surface area (Å²) >= 11 is 1.91. The van der Waals surface area contributed by atoms with Crippen LogP contribution in [0.1, 0.15) is 52.8 Å². The van der Waals surface area contributed by atoms with Crippen molar-refractivity contribution in [3.05, 3.63) is 221 Å². The molecule has 7 aromatic carbocycles. The Morgan fingerprint density at radius 2 is 1.08 bits per heavy atom. The van der Waals surface area contributed by atoms with E-state index < -0.39 is 5.41 Å². The number of anilines is 1. The zero-order valence-electron chi connectivity index (χ0n) is 29.2. The monoisotopic (exact) mass is 683 g/mol. The Balaban J connectivity index is 1.16. The van der Waals surface area contributed by atoms with Crippen LogP contribution < -0.4 is 5.32 Å². The number of hydrogen-bond acceptors (Lipinski definition) is 2. The molecular weight excluding hydrogens is 647 g/mol. The van der Waals surface area contributed by atoms with Gasteiger partial charge in [-0.25, -0.2) is 0 Å². The van der Waals surface area contributed by atoms with Crippen LogP contribution in [0.25, 0.3) is 33.5 Å². The molecule has 52 heavy (non-hydrogen) atoms. The van der Waals surface area contributed by atoms with Gasteiger partial charge in [0.1, 0.15) is 0 Å². The molecule has 0 radical (unpaired) electrons. The van der Waals surface area contributed by atoms with Crippen LogP contribution in [0.4, 0.5) is 5.69 Å². The van der Waals surface area contributed by atoms with Gasteiger partial charge < -0.3 is 5.32 Å². The minimum absolute atomic E-state index is 0.148. The van der Waals surface area contributed by atoms with E-state index >= 15 is 0 Å². The second kappa shape index (κ2) is 11.9.